The third-order valence-electron chi connectivity index (χ3n) is 5.03. The second-order valence-corrected chi connectivity index (χ2v) is 8.21. The van der Waals surface area contributed by atoms with Crippen molar-refractivity contribution in [2.24, 2.45) is 0 Å². The number of hydrogen-bond acceptors (Lipinski definition) is 10. The number of aromatic nitrogens is 2. The Bertz CT molecular complexity index is 1530. The van der Waals surface area contributed by atoms with E-state index in [0.29, 0.717) is 22.3 Å². The molecular weight excluding hydrogens is 598 g/mol. The van der Waals surface area contributed by atoms with E-state index in [1.807, 2.05) is 0 Å². The maximum atomic E-state index is 13.1. The van der Waals surface area contributed by atoms with Crippen LogP contribution in [0.25, 0.3) is 22.3 Å². The number of benzene rings is 2. The number of nitrogens with zero attached hydrogens (tertiary/aromatic N) is 2. The Hall–Kier alpha value is -4.66. The fourth-order valence-corrected chi connectivity index (χ4v) is 3.22. The number of hydroxylamine groups is 2. The summed E-state index contributed by atoms with van der Waals surface area (Å²) in [5, 5.41) is 23.7. The molecule has 2 heterocycles. The van der Waals surface area contributed by atoms with Gasteiger partial charge in [-0.15, -0.1) is 0 Å². The smallest absolute Gasteiger partial charge is 0.871 e. The van der Waals surface area contributed by atoms with E-state index in [4.69, 9.17) is 0 Å². The van der Waals surface area contributed by atoms with Gasteiger partial charge in [0.1, 0.15) is 23.0 Å². The van der Waals surface area contributed by atoms with Gasteiger partial charge in [0.05, 0.1) is 0 Å². The van der Waals surface area contributed by atoms with E-state index in [1.165, 1.54) is 48.8 Å². The van der Waals surface area contributed by atoms with Crippen LogP contribution in [0.2, 0.25) is 0 Å². The average Bonchev–Trinajstić information content (AvgIpc) is 2.95. The molecule has 12 nitrogen and oxygen atoms in total. The van der Waals surface area contributed by atoms with Crippen molar-refractivity contribution in [3.8, 4) is 33.8 Å². The second kappa shape index (κ2) is 16.1. The van der Waals surface area contributed by atoms with Crippen LogP contribution in [-0.4, -0.2) is 71.5 Å². The first-order valence-corrected chi connectivity index (χ1v) is 11.8. The van der Waals surface area contributed by atoms with Gasteiger partial charge in [-0.3, -0.25) is 29.1 Å². The molecular formula is C28H20CaF2N4O8. The number of nitrogens with one attached hydrogen (secondary N) is 2. The molecule has 43 heavy (non-hydrogen) atoms. The minimum Gasteiger partial charge on any atom is -0.871 e. The molecule has 2 amide bonds. The van der Waals surface area contributed by atoms with E-state index in [2.05, 4.69) is 19.6 Å². The number of carbonyl (C=O) groups excluding carboxylic acids is 4. The zero-order chi connectivity index (χ0) is 30.8. The van der Waals surface area contributed by atoms with Gasteiger partial charge in [0.2, 0.25) is 0 Å². The van der Waals surface area contributed by atoms with Gasteiger partial charge in [0, 0.05) is 26.2 Å². The van der Waals surface area contributed by atoms with Gasteiger partial charge in [0.25, 0.3) is 0 Å². The van der Waals surface area contributed by atoms with E-state index >= 15 is 0 Å². The molecule has 0 saturated heterocycles. The first-order valence-electron chi connectivity index (χ1n) is 11.8. The minimum atomic E-state index is -0.930. The Morgan fingerprint density at radius 1 is 0.651 bits per heavy atom. The van der Waals surface area contributed by atoms with Crippen LogP contribution in [0.3, 0.4) is 0 Å². The summed E-state index contributed by atoms with van der Waals surface area (Å²) in [6.07, 6.45) is 2.53. The van der Waals surface area contributed by atoms with E-state index in [9.17, 15) is 38.2 Å². The van der Waals surface area contributed by atoms with Crippen molar-refractivity contribution < 1.29 is 47.8 Å². The minimum absolute atomic E-state index is 0. The van der Waals surface area contributed by atoms with E-state index in [1.54, 1.807) is 23.1 Å². The van der Waals surface area contributed by atoms with Gasteiger partial charge >= 0.3 is 61.5 Å². The van der Waals surface area contributed by atoms with Crippen LogP contribution in [0, 0.1) is 11.6 Å². The number of hydrogen-bond donors (Lipinski definition) is 2. The van der Waals surface area contributed by atoms with E-state index in [0.717, 1.165) is 26.0 Å². The molecule has 0 aliphatic carbocycles. The molecule has 0 aliphatic heterocycles. The Morgan fingerprint density at radius 3 is 1.33 bits per heavy atom. The summed E-state index contributed by atoms with van der Waals surface area (Å²) in [6.45, 7) is 2.19. The van der Waals surface area contributed by atoms with Gasteiger partial charge in [-0.05, 0) is 46.5 Å². The SMILES string of the molecule is CC(=O)ONC(=O)c1ncc(-c2cccc(F)c2)cc1[O-].CC(=O)ONC(=O)c1ncc(-c2cccc(F)c2)cc1[O-].[Ca+2]. The molecule has 0 saturated carbocycles. The molecule has 0 fully saturated rings. The van der Waals surface area contributed by atoms with Crippen molar-refractivity contribution in [1.29, 1.82) is 0 Å². The maximum Gasteiger partial charge on any atom is 2.00 e. The van der Waals surface area contributed by atoms with Gasteiger partial charge in [-0.25, -0.2) is 8.78 Å². The maximum absolute atomic E-state index is 13.1. The molecule has 0 spiro atoms. The molecule has 0 bridgehead atoms. The summed E-state index contributed by atoms with van der Waals surface area (Å²) in [4.78, 5) is 60.3. The molecule has 2 aromatic heterocycles. The molecule has 4 rings (SSSR count). The normalized spacial score (nSPS) is 9.77. The Kier molecular flexibility index (Phi) is 12.9. The number of pyridine rings is 2. The van der Waals surface area contributed by atoms with E-state index in [-0.39, 0.29) is 37.7 Å². The van der Waals surface area contributed by atoms with Crippen molar-refractivity contribution in [1.82, 2.24) is 20.9 Å². The molecule has 15 heteroatoms. The first-order chi connectivity index (χ1) is 19.9. The average molecular weight is 619 g/mol. The summed E-state index contributed by atoms with van der Waals surface area (Å²) < 4.78 is 26.3. The first kappa shape index (κ1) is 34.5. The molecule has 0 atom stereocenters. The number of carbonyl (C=O) groups is 4. The number of halogens is 2. The van der Waals surface area contributed by atoms with Crippen molar-refractivity contribution >= 4 is 61.5 Å². The summed E-state index contributed by atoms with van der Waals surface area (Å²) in [6, 6.07) is 13.6. The number of amides is 2. The Morgan fingerprint density at radius 2 is 1.02 bits per heavy atom. The van der Waals surface area contributed by atoms with Crippen LogP contribution < -0.4 is 21.2 Å². The molecule has 216 valence electrons. The van der Waals surface area contributed by atoms with Gasteiger partial charge < -0.3 is 19.9 Å². The van der Waals surface area contributed by atoms with Crippen LogP contribution in [0.15, 0.2) is 73.1 Å². The molecule has 2 N–H and O–H groups in total. The molecule has 4 aromatic rings. The van der Waals surface area contributed by atoms with Crippen molar-refractivity contribution in [3.63, 3.8) is 0 Å². The predicted octanol–water partition coefficient (Wildman–Crippen LogP) is 1.96. The largest absolute Gasteiger partial charge is 2.00 e. The van der Waals surface area contributed by atoms with Crippen LogP contribution in [0.1, 0.15) is 34.8 Å². The summed E-state index contributed by atoms with van der Waals surface area (Å²) >= 11 is 0. The van der Waals surface area contributed by atoms with Gasteiger partial charge in [-0.1, -0.05) is 47.9 Å². The fourth-order valence-electron chi connectivity index (χ4n) is 3.22. The monoisotopic (exact) mass is 618 g/mol. The van der Waals surface area contributed by atoms with Crippen LogP contribution >= 0.6 is 0 Å². The Balaban J connectivity index is 0.000000293. The van der Waals surface area contributed by atoms with Crippen LogP contribution in [-0.2, 0) is 19.3 Å². The van der Waals surface area contributed by atoms with E-state index < -0.39 is 58.3 Å². The topological polar surface area (TPSA) is 183 Å². The van der Waals surface area contributed by atoms with Gasteiger partial charge in [-0.2, -0.15) is 11.0 Å². The molecule has 2 aromatic carbocycles. The summed E-state index contributed by atoms with van der Waals surface area (Å²) in [5.74, 6) is -5.54. The molecule has 0 unspecified atom stereocenters. The van der Waals surface area contributed by atoms with Gasteiger partial charge in [0.15, 0.2) is 0 Å². The Labute approximate surface area is 272 Å². The zero-order valence-corrected chi connectivity index (χ0v) is 24.8. The summed E-state index contributed by atoms with van der Waals surface area (Å²) in [5.41, 5.74) is 4.44. The second-order valence-electron chi connectivity index (χ2n) is 8.21. The molecule has 0 radical (unpaired) electrons. The number of rotatable bonds is 4. The predicted molar refractivity (Wildman–Crippen MR) is 142 cm³/mol. The quantitative estimate of drug-likeness (QED) is 0.253. The standard InChI is InChI=1S/2C14H11FN2O4.Ca/c2*1-8(18)21-17-14(20)13-12(19)6-10(7-16-13)9-3-2-4-11(15)5-9;/h2*2-7,19H,1H3,(H,17,20);/q;;+2/p-2. The van der Waals surface area contributed by atoms with Crippen molar-refractivity contribution in [2.75, 3.05) is 0 Å². The molecule has 0 aliphatic rings. The third kappa shape index (κ3) is 10.3. The van der Waals surface area contributed by atoms with Crippen molar-refractivity contribution in [2.45, 2.75) is 13.8 Å². The van der Waals surface area contributed by atoms with Crippen LogP contribution in [0.5, 0.6) is 11.5 Å². The van der Waals surface area contributed by atoms with Crippen molar-refractivity contribution in [3.05, 3.63) is 96.1 Å². The third-order valence-corrected chi connectivity index (χ3v) is 5.03. The fraction of sp³-hybridized carbons (Fsp3) is 0.0714. The van der Waals surface area contributed by atoms with Crippen LogP contribution in [0.4, 0.5) is 8.78 Å². The zero-order valence-electron chi connectivity index (χ0n) is 22.6. The summed E-state index contributed by atoms with van der Waals surface area (Å²) in [7, 11) is 0.